The molecule has 0 spiro atoms. The highest BCUT2D eigenvalue weighted by Crippen LogP contribution is 2.17. The van der Waals surface area contributed by atoms with Gasteiger partial charge in [-0.15, -0.1) is 0 Å². The van der Waals surface area contributed by atoms with Gasteiger partial charge in [-0.3, -0.25) is 4.79 Å². The molecule has 0 saturated heterocycles. The Balaban J connectivity index is 2.51. The summed E-state index contributed by atoms with van der Waals surface area (Å²) in [7, 11) is 0. The highest BCUT2D eigenvalue weighted by Gasteiger charge is 2.04. The highest BCUT2D eigenvalue weighted by molar-refractivity contribution is 6.31. The molecule has 4 nitrogen and oxygen atoms in total. The molecule has 1 aromatic heterocycles. The van der Waals surface area contributed by atoms with E-state index in [1.165, 1.54) is 6.20 Å². The molecule has 0 unspecified atom stereocenters. The zero-order valence-electron chi connectivity index (χ0n) is 8.05. The summed E-state index contributed by atoms with van der Waals surface area (Å²) >= 11 is 5.70. The first-order valence-electron chi connectivity index (χ1n) is 4.61. The molecule has 1 heterocycles. The van der Waals surface area contributed by atoms with Crippen LogP contribution in [-0.2, 0) is 0 Å². The molecule has 1 rings (SSSR count). The Bertz CT molecular complexity index is 338. The lowest BCUT2D eigenvalue weighted by Crippen LogP contribution is -2.10. The van der Waals surface area contributed by atoms with Crippen molar-refractivity contribution in [2.75, 3.05) is 6.61 Å². The van der Waals surface area contributed by atoms with Crippen LogP contribution in [0.25, 0.3) is 0 Å². The van der Waals surface area contributed by atoms with Crippen molar-refractivity contribution in [3.8, 4) is 5.75 Å². The van der Waals surface area contributed by atoms with E-state index in [4.69, 9.17) is 16.3 Å². The Kier molecular flexibility index (Phi) is 4.46. The summed E-state index contributed by atoms with van der Waals surface area (Å²) in [6.07, 6.45) is 4.61. The number of unbranched alkanes of at least 4 members (excludes halogenated alkanes) is 2. The van der Waals surface area contributed by atoms with Gasteiger partial charge in [0, 0.05) is 0 Å². The van der Waals surface area contributed by atoms with Crippen LogP contribution in [-0.4, -0.2) is 16.8 Å². The number of aromatic nitrogens is 2. The van der Waals surface area contributed by atoms with Crippen molar-refractivity contribution < 1.29 is 4.74 Å². The van der Waals surface area contributed by atoms with Crippen molar-refractivity contribution >= 4 is 11.6 Å². The second-order valence-electron chi connectivity index (χ2n) is 2.93. The fourth-order valence-electron chi connectivity index (χ4n) is 1.00. The van der Waals surface area contributed by atoms with Crippen LogP contribution in [0.4, 0.5) is 0 Å². The van der Waals surface area contributed by atoms with Crippen LogP contribution in [0.3, 0.4) is 0 Å². The Hall–Kier alpha value is -1.03. The molecule has 14 heavy (non-hydrogen) atoms. The molecule has 1 N–H and O–H groups in total. The van der Waals surface area contributed by atoms with Gasteiger partial charge in [-0.25, -0.2) is 5.10 Å². The van der Waals surface area contributed by atoms with Crippen molar-refractivity contribution in [2.24, 2.45) is 0 Å². The van der Waals surface area contributed by atoms with Crippen molar-refractivity contribution in [1.29, 1.82) is 0 Å². The Morgan fingerprint density at radius 3 is 3.07 bits per heavy atom. The van der Waals surface area contributed by atoms with Gasteiger partial charge in [0.05, 0.1) is 12.8 Å². The Labute approximate surface area is 87.2 Å². The molecular formula is C9H13ClN2O2. The standard InChI is InChI=1S/C9H13ClN2O2/c1-2-3-4-5-14-7-6-11-12-9(13)8(7)10/h6H,2-5H2,1H3,(H,12,13). The summed E-state index contributed by atoms with van der Waals surface area (Å²) in [6, 6.07) is 0. The summed E-state index contributed by atoms with van der Waals surface area (Å²) < 4.78 is 5.31. The fraction of sp³-hybridized carbons (Fsp3) is 0.556. The molecule has 0 amide bonds. The normalized spacial score (nSPS) is 10.1. The van der Waals surface area contributed by atoms with Crippen LogP contribution < -0.4 is 10.3 Å². The van der Waals surface area contributed by atoms with Crippen LogP contribution >= 0.6 is 11.6 Å². The van der Waals surface area contributed by atoms with E-state index in [1.54, 1.807) is 0 Å². The van der Waals surface area contributed by atoms with Gasteiger partial charge in [0.2, 0.25) is 0 Å². The molecule has 0 fully saturated rings. The third-order valence-corrected chi connectivity index (χ3v) is 2.13. The average molecular weight is 217 g/mol. The van der Waals surface area contributed by atoms with Gasteiger partial charge in [-0.2, -0.15) is 5.10 Å². The second kappa shape index (κ2) is 5.65. The minimum atomic E-state index is -0.417. The molecule has 5 heteroatoms. The van der Waals surface area contributed by atoms with Gasteiger partial charge < -0.3 is 4.74 Å². The highest BCUT2D eigenvalue weighted by atomic mass is 35.5. The van der Waals surface area contributed by atoms with Gasteiger partial charge >= 0.3 is 0 Å². The number of aromatic amines is 1. The van der Waals surface area contributed by atoms with E-state index in [-0.39, 0.29) is 5.02 Å². The van der Waals surface area contributed by atoms with E-state index < -0.39 is 5.56 Å². The molecule has 0 aromatic carbocycles. The number of ether oxygens (including phenoxy) is 1. The predicted octanol–water partition coefficient (Wildman–Crippen LogP) is 1.99. The monoisotopic (exact) mass is 216 g/mol. The van der Waals surface area contributed by atoms with Gasteiger partial charge in [0.15, 0.2) is 10.8 Å². The molecule has 0 bridgehead atoms. The maximum Gasteiger partial charge on any atom is 0.286 e. The summed E-state index contributed by atoms with van der Waals surface area (Å²) in [5, 5.41) is 5.89. The average Bonchev–Trinajstić information content (AvgIpc) is 2.19. The molecule has 0 radical (unpaired) electrons. The third kappa shape index (κ3) is 3.03. The van der Waals surface area contributed by atoms with Gasteiger partial charge in [0.25, 0.3) is 5.56 Å². The van der Waals surface area contributed by atoms with Crippen LogP contribution in [0, 0.1) is 0 Å². The van der Waals surface area contributed by atoms with Gasteiger partial charge in [-0.05, 0) is 6.42 Å². The molecular weight excluding hydrogens is 204 g/mol. The first-order valence-corrected chi connectivity index (χ1v) is 4.99. The first kappa shape index (κ1) is 11.0. The van der Waals surface area contributed by atoms with Gasteiger partial charge in [-0.1, -0.05) is 31.4 Å². The van der Waals surface area contributed by atoms with Crippen LogP contribution in [0.2, 0.25) is 5.02 Å². The summed E-state index contributed by atoms with van der Waals surface area (Å²) in [4.78, 5) is 11.0. The molecule has 0 aliphatic carbocycles. The molecule has 0 aliphatic rings. The zero-order chi connectivity index (χ0) is 10.4. The van der Waals surface area contributed by atoms with Crippen LogP contribution in [0.5, 0.6) is 5.75 Å². The quantitative estimate of drug-likeness (QED) is 0.766. The number of hydrogen-bond donors (Lipinski definition) is 1. The van der Waals surface area contributed by atoms with Crippen LogP contribution in [0.15, 0.2) is 11.0 Å². The number of H-pyrrole nitrogens is 1. The van der Waals surface area contributed by atoms with Crippen LogP contribution in [0.1, 0.15) is 26.2 Å². The molecule has 1 aromatic rings. The van der Waals surface area contributed by atoms with E-state index >= 15 is 0 Å². The summed E-state index contributed by atoms with van der Waals surface area (Å²) in [5.41, 5.74) is -0.417. The maximum absolute atomic E-state index is 11.0. The molecule has 0 saturated carbocycles. The third-order valence-electron chi connectivity index (χ3n) is 1.77. The van der Waals surface area contributed by atoms with E-state index in [9.17, 15) is 4.79 Å². The minimum Gasteiger partial charge on any atom is -0.490 e. The molecule has 0 atom stereocenters. The lowest BCUT2D eigenvalue weighted by molar-refractivity contribution is 0.304. The number of hydrogen-bond acceptors (Lipinski definition) is 3. The molecule has 78 valence electrons. The zero-order valence-corrected chi connectivity index (χ0v) is 8.80. The second-order valence-corrected chi connectivity index (χ2v) is 3.31. The lowest BCUT2D eigenvalue weighted by atomic mass is 10.3. The topological polar surface area (TPSA) is 55.0 Å². The van der Waals surface area contributed by atoms with Crippen molar-refractivity contribution in [3.05, 3.63) is 21.6 Å². The van der Waals surface area contributed by atoms with E-state index in [1.807, 2.05) is 0 Å². The number of nitrogens with zero attached hydrogens (tertiary/aromatic N) is 1. The smallest absolute Gasteiger partial charge is 0.286 e. The summed E-state index contributed by atoms with van der Waals surface area (Å²) in [5.74, 6) is 0.353. The maximum atomic E-state index is 11.0. The number of rotatable bonds is 5. The van der Waals surface area contributed by atoms with Gasteiger partial charge in [0.1, 0.15) is 0 Å². The Morgan fingerprint density at radius 1 is 1.57 bits per heavy atom. The lowest BCUT2D eigenvalue weighted by Gasteiger charge is -2.05. The van der Waals surface area contributed by atoms with Crippen molar-refractivity contribution in [3.63, 3.8) is 0 Å². The van der Waals surface area contributed by atoms with Crippen molar-refractivity contribution in [1.82, 2.24) is 10.2 Å². The molecule has 0 aliphatic heterocycles. The largest absolute Gasteiger partial charge is 0.490 e. The SMILES string of the molecule is CCCCCOc1cn[nH]c(=O)c1Cl. The Morgan fingerprint density at radius 2 is 2.36 bits per heavy atom. The van der Waals surface area contributed by atoms with E-state index in [0.29, 0.717) is 12.4 Å². The van der Waals surface area contributed by atoms with E-state index in [2.05, 4.69) is 17.1 Å². The number of nitrogens with one attached hydrogen (secondary N) is 1. The first-order chi connectivity index (χ1) is 6.75. The van der Waals surface area contributed by atoms with Crippen molar-refractivity contribution in [2.45, 2.75) is 26.2 Å². The number of halogens is 1. The minimum absolute atomic E-state index is 0.0662. The predicted molar refractivity (Wildman–Crippen MR) is 54.9 cm³/mol. The fourth-order valence-corrected chi connectivity index (χ4v) is 1.15. The van der Waals surface area contributed by atoms with E-state index in [0.717, 1.165) is 19.3 Å². The summed E-state index contributed by atoms with van der Waals surface area (Å²) in [6.45, 7) is 2.68.